The molecule has 0 bridgehead atoms. The molecule has 1 aliphatic carbocycles. The summed E-state index contributed by atoms with van der Waals surface area (Å²) >= 11 is 0. The molecule has 6 nitrogen and oxygen atoms in total. The molecule has 3 aromatic carbocycles. The van der Waals surface area contributed by atoms with Crippen molar-refractivity contribution in [2.45, 2.75) is 31.6 Å². The predicted molar refractivity (Wildman–Crippen MR) is 136 cm³/mol. The van der Waals surface area contributed by atoms with E-state index in [9.17, 15) is 9.90 Å². The summed E-state index contributed by atoms with van der Waals surface area (Å²) in [6.07, 6.45) is 3.67. The summed E-state index contributed by atoms with van der Waals surface area (Å²) in [5, 5.41) is 10.6. The highest BCUT2D eigenvalue weighted by Gasteiger charge is 2.54. The first kappa shape index (κ1) is 23.8. The maximum atomic E-state index is 13.0. The molecule has 1 aliphatic heterocycles. The molecule has 2 unspecified atom stereocenters. The van der Waals surface area contributed by atoms with Crippen LogP contribution in [0.15, 0.2) is 67.3 Å². The van der Waals surface area contributed by atoms with Crippen molar-refractivity contribution in [2.75, 3.05) is 20.5 Å². The minimum absolute atomic E-state index is 0.146. The van der Waals surface area contributed by atoms with Crippen LogP contribution in [0.25, 0.3) is 0 Å². The molecule has 0 amide bonds. The Balaban J connectivity index is 1.82. The van der Waals surface area contributed by atoms with Gasteiger partial charge in [0.2, 0.25) is 6.79 Å². The highest BCUT2D eigenvalue weighted by molar-refractivity contribution is 5.80. The van der Waals surface area contributed by atoms with Crippen LogP contribution < -0.4 is 18.9 Å². The average molecular weight is 487 g/mol. The van der Waals surface area contributed by atoms with Gasteiger partial charge in [0.15, 0.2) is 11.5 Å². The predicted octanol–water partition coefficient (Wildman–Crippen LogP) is 5.53. The van der Waals surface area contributed by atoms with E-state index in [0.717, 1.165) is 40.0 Å². The molecule has 0 saturated heterocycles. The number of allylic oxidation sites excluding steroid dienone is 1. The van der Waals surface area contributed by atoms with Crippen LogP contribution in [0.5, 0.6) is 23.0 Å². The number of carboxylic acid groups (broad SMARTS) is 1. The summed E-state index contributed by atoms with van der Waals surface area (Å²) in [6.45, 7) is 6.76. The Morgan fingerprint density at radius 3 is 2.61 bits per heavy atom. The third kappa shape index (κ3) is 3.77. The summed E-state index contributed by atoms with van der Waals surface area (Å²) in [7, 11) is 1.63. The smallest absolute Gasteiger partial charge is 0.308 e. The van der Waals surface area contributed by atoms with Gasteiger partial charge in [-0.1, -0.05) is 31.2 Å². The van der Waals surface area contributed by atoms with E-state index in [4.69, 9.17) is 18.9 Å². The van der Waals surface area contributed by atoms with Gasteiger partial charge in [0.1, 0.15) is 11.5 Å². The number of hydrogen-bond donors (Lipinski definition) is 1. The number of aliphatic carboxylic acids is 1. The number of ether oxygens (including phenoxy) is 4. The minimum atomic E-state index is -0.962. The number of hydrogen-bond acceptors (Lipinski definition) is 5. The largest absolute Gasteiger partial charge is 0.497 e. The van der Waals surface area contributed by atoms with Crippen molar-refractivity contribution in [3.63, 3.8) is 0 Å². The summed E-state index contributed by atoms with van der Waals surface area (Å²) in [5.74, 6) is 1.13. The Morgan fingerprint density at radius 2 is 1.86 bits per heavy atom. The van der Waals surface area contributed by atoms with Crippen molar-refractivity contribution in [1.82, 2.24) is 0 Å². The van der Waals surface area contributed by atoms with Crippen LogP contribution in [-0.4, -0.2) is 31.6 Å². The van der Waals surface area contributed by atoms with E-state index in [2.05, 4.69) is 13.5 Å². The van der Waals surface area contributed by atoms with Gasteiger partial charge in [-0.2, -0.15) is 0 Å². The van der Waals surface area contributed by atoms with E-state index in [-0.39, 0.29) is 6.79 Å². The van der Waals surface area contributed by atoms with Crippen molar-refractivity contribution in [1.29, 1.82) is 0 Å². The first-order valence-electron chi connectivity index (χ1n) is 12.2. The zero-order valence-electron chi connectivity index (χ0n) is 20.6. The Kier molecular flexibility index (Phi) is 6.35. The number of methoxy groups -OCH3 is 1. The molecule has 0 saturated carbocycles. The lowest BCUT2D eigenvalue weighted by molar-refractivity contribution is -0.142. The van der Waals surface area contributed by atoms with Gasteiger partial charge in [0.25, 0.3) is 0 Å². The molecule has 0 aromatic heterocycles. The maximum Gasteiger partial charge on any atom is 0.308 e. The van der Waals surface area contributed by atoms with Gasteiger partial charge in [-0.25, -0.2) is 0 Å². The van der Waals surface area contributed by atoms with Crippen LogP contribution in [0.3, 0.4) is 0 Å². The normalized spacial score (nSPS) is 19.6. The zero-order valence-corrected chi connectivity index (χ0v) is 20.6. The first-order valence-corrected chi connectivity index (χ1v) is 12.2. The second kappa shape index (κ2) is 9.61. The van der Waals surface area contributed by atoms with Crippen LogP contribution in [-0.2, 0) is 23.1 Å². The van der Waals surface area contributed by atoms with E-state index in [1.54, 1.807) is 7.11 Å². The molecule has 0 fully saturated rings. The Morgan fingerprint density at radius 1 is 1.08 bits per heavy atom. The number of carbonyl (C=O) groups is 1. The number of rotatable bonds is 9. The van der Waals surface area contributed by atoms with Gasteiger partial charge in [-0.3, -0.25) is 4.79 Å². The zero-order chi connectivity index (χ0) is 25.3. The molecule has 6 heteroatoms. The topological polar surface area (TPSA) is 74.2 Å². The third-order valence-electron chi connectivity index (χ3n) is 7.15. The molecular formula is C30H30O6. The van der Waals surface area contributed by atoms with E-state index >= 15 is 0 Å². The van der Waals surface area contributed by atoms with Gasteiger partial charge in [-0.05, 0) is 83.5 Å². The molecule has 2 atom stereocenters. The van der Waals surface area contributed by atoms with Gasteiger partial charge in [0, 0.05) is 0 Å². The standard InChI is InChI=1S/C30H30O6/c1-4-6-19-14-22(33-3)8-10-24(19)30(21-7-12-27-28(17-21)36-18-35-27)25-11-9-23(34-13-5-2)15-20(25)16-26(30)29(31)32/h4,7-12,14-15,17,26H,1,5-6,13,16,18H2,2-3H3,(H,31,32). The van der Waals surface area contributed by atoms with E-state index in [1.807, 2.05) is 60.7 Å². The molecule has 36 heavy (non-hydrogen) atoms. The first-order chi connectivity index (χ1) is 17.5. The fraction of sp³-hybridized carbons (Fsp3) is 0.300. The second-order valence-corrected chi connectivity index (χ2v) is 9.15. The van der Waals surface area contributed by atoms with Crippen LogP contribution in [0.2, 0.25) is 0 Å². The Hall–Kier alpha value is -3.93. The van der Waals surface area contributed by atoms with Crippen LogP contribution in [0, 0.1) is 5.92 Å². The fourth-order valence-corrected chi connectivity index (χ4v) is 5.66. The van der Waals surface area contributed by atoms with Gasteiger partial charge < -0.3 is 24.1 Å². The highest BCUT2D eigenvalue weighted by Crippen LogP contribution is 2.55. The lowest BCUT2D eigenvalue weighted by atomic mass is 9.63. The average Bonchev–Trinajstić information content (AvgIpc) is 3.50. The lowest BCUT2D eigenvalue weighted by Crippen LogP contribution is -2.40. The van der Waals surface area contributed by atoms with Gasteiger partial charge in [-0.15, -0.1) is 6.58 Å². The van der Waals surface area contributed by atoms with E-state index in [0.29, 0.717) is 36.7 Å². The molecule has 5 rings (SSSR count). The molecule has 1 N–H and O–H groups in total. The van der Waals surface area contributed by atoms with Crippen LogP contribution in [0.4, 0.5) is 0 Å². The summed E-state index contributed by atoms with van der Waals surface area (Å²) < 4.78 is 22.7. The van der Waals surface area contributed by atoms with Crippen LogP contribution >= 0.6 is 0 Å². The quantitative estimate of drug-likeness (QED) is 0.401. The fourth-order valence-electron chi connectivity index (χ4n) is 5.66. The molecular weight excluding hydrogens is 456 g/mol. The van der Waals surface area contributed by atoms with Crippen molar-refractivity contribution >= 4 is 5.97 Å². The molecule has 186 valence electrons. The molecule has 1 heterocycles. The van der Waals surface area contributed by atoms with Crippen molar-refractivity contribution < 1.29 is 28.8 Å². The monoisotopic (exact) mass is 486 g/mol. The van der Waals surface area contributed by atoms with Crippen molar-refractivity contribution in [3.8, 4) is 23.0 Å². The van der Waals surface area contributed by atoms with E-state index in [1.165, 1.54) is 0 Å². The molecule has 0 spiro atoms. The molecule has 2 aliphatic rings. The summed E-state index contributed by atoms with van der Waals surface area (Å²) in [5.41, 5.74) is 3.68. The Labute approximate surface area is 211 Å². The second-order valence-electron chi connectivity index (χ2n) is 9.15. The third-order valence-corrected chi connectivity index (χ3v) is 7.15. The number of carboxylic acids is 1. The van der Waals surface area contributed by atoms with Gasteiger partial charge in [0.05, 0.1) is 25.0 Å². The van der Waals surface area contributed by atoms with Crippen LogP contribution in [0.1, 0.15) is 41.2 Å². The summed E-state index contributed by atoms with van der Waals surface area (Å²) in [6, 6.07) is 17.6. The SMILES string of the molecule is C=CCc1cc(OC)ccc1C1(c2ccc3c(c2)OCO3)c2ccc(OCCC)cc2CC1C(=O)O. The Bertz CT molecular complexity index is 1310. The lowest BCUT2D eigenvalue weighted by Gasteiger charge is -2.38. The molecule has 3 aromatic rings. The van der Waals surface area contributed by atoms with Crippen molar-refractivity contribution in [2.24, 2.45) is 5.92 Å². The maximum absolute atomic E-state index is 13.0. The van der Waals surface area contributed by atoms with Crippen molar-refractivity contribution in [3.05, 3.63) is 95.1 Å². The number of benzene rings is 3. The molecule has 0 radical (unpaired) electrons. The van der Waals surface area contributed by atoms with Gasteiger partial charge >= 0.3 is 5.97 Å². The number of fused-ring (bicyclic) bond motifs is 2. The highest BCUT2D eigenvalue weighted by atomic mass is 16.7. The summed E-state index contributed by atoms with van der Waals surface area (Å²) in [4.78, 5) is 13.0. The minimum Gasteiger partial charge on any atom is -0.497 e. The van der Waals surface area contributed by atoms with E-state index < -0.39 is 17.3 Å².